The third kappa shape index (κ3) is 5.96. The van der Waals surface area contributed by atoms with Crippen molar-refractivity contribution in [2.24, 2.45) is 11.1 Å². The maximum Gasteiger partial charge on any atom is 0.338 e. The van der Waals surface area contributed by atoms with E-state index in [1.807, 2.05) is 42.8 Å². The Balaban J connectivity index is 1.87. The fourth-order valence-electron chi connectivity index (χ4n) is 2.03. The summed E-state index contributed by atoms with van der Waals surface area (Å²) in [4.78, 5) is 11.9. The number of rotatable bonds is 8. The number of nitrogens with zero attached hydrogens (tertiary/aromatic N) is 3. The van der Waals surface area contributed by atoms with Gasteiger partial charge < -0.3 is 9.94 Å². The van der Waals surface area contributed by atoms with Crippen LogP contribution in [0.25, 0.3) is 0 Å². The van der Waals surface area contributed by atoms with Crippen LogP contribution in [0.1, 0.15) is 29.9 Å². The van der Waals surface area contributed by atoms with Crippen LogP contribution in [0.2, 0.25) is 0 Å². The zero-order valence-corrected chi connectivity index (χ0v) is 14.4. The fourth-order valence-corrected chi connectivity index (χ4v) is 2.03. The summed E-state index contributed by atoms with van der Waals surface area (Å²) in [6, 6.07) is 8.92. The molecule has 0 fully saturated rings. The number of pyridine rings is 2. The number of hydrogen-bond acceptors (Lipinski definition) is 5. The molecule has 0 aromatic carbocycles. The molecular formula is C18H23N3O4+2. The van der Waals surface area contributed by atoms with Gasteiger partial charge in [-0.3, -0.25) is 4.74 Å². The number of esters is 1. The molecule has 0 saturated carbocycles. The van der Waals surface area contributed by atoms with Gasteiger partial charge >= 0.3 is 5.97 Å². The minimum Gasteiger partial charge on any atom is -0.462 e. The monoisotopic (exact) mass is 345 g/mol. The lowest BCUT2D eigenvalue weighted by molar-refractivity contribution is -0.788. The Morgan fingerprint density at radius 1 is 1.20 bits per heavy atom. The van der Waals surface area contributed by atoms with Crippen molar-refractivity contribution in [1.82, 2.24) is 0 Å². The fraction of sp³-hybridized carbons (Fsp3) is 0.333. The van der Waals surface area contributed by atoms with Gasteiger partial charge in [0.2, 0.25) is 5.69 Å². The van der Waals surface area contributed by atoms with Crippen LogP contribution in [0.4, 0.5) is 0 Å². The van der Waals surface area contributed by atoms with Gasteiger partial charge in [0.05, 0.1) is 12.2 Å². The molecule has 7 nitrogen and oxygen atoms in total. The predicted octanol–water partition coefficient (Wildman–Crippen LogP) is 1.51. The normalized spacial score (nSPS) is 11.2. The summed E-state index contributed by atoms with van der Waals surface area (Å²) < 4.78 is 14.4. The van der Waals surface area contributed by atoms with Crippen LogP contribution < -0.4 is 9.13 Å². The SMILES string of the molecule is CC(C)COC(=O)c1cc[n+](COC[n+]2ccccc2C=NO)cc1. The highest BCUT2D eigenvalue weighted by molar-refractivity contribution is 5.88. The maximum atomic E-state index is 11.9. The molecule has 0 aliphatic heterocycles. The first-order chi connectivity index (χ1) is 12.1. The first kappa shape index (κ1) is 18.5. The van der Waals surface area contributed by atoms with E-state index >= 15 is 0 Å². The molecule has 2 heterocycles. The molecule has 2 rings (SSSR count). The Hall–Kier alpha value is -2.80. The minimum absolute atomic E-state index is 0.299. The molecule has 0 saturated heterocycles. The molecule has 25 heavy (non-hydrogen) atoms. The summed E-state index contributed by atoms with van der Waals surface area (Å²) in [7, 11) is 0. The molecule has 0 spiro atoms. The van der Waals surface area contributed by atoms with E-state index in [0.717, 1.165) is 5.69 Å². The van der Waals surface area contributed by atoms with Gasteiger partial charge in [-0.05, 0) is 12.0 Å². The number of carbonyl (C=O) groups is 1. The molecule has 132 valence electrons. The molecule has 0 aliphatic carbocycles. The van der Waals surface area contributed by atoms with Crippen molar-refractivity contribution in [2.45, 2.75) is 27.3 Å². The average Bonchev–Trinajstić information content (AvgIpc) is 2.62. The molecule has 0 atom stereocenters. The van der Waals surface area contributed by atoms with Gasteiger partial charge in [0.1, 0.15) is 6.21 Å². The molecule has 0 aliphatic rings. The van der Waals surface area contributed by atoms with Gasteiger partial charge in [0, 0.05) is 24.3 Å². The lowest BCUT2D eigenvalue weighted by atomic mass is 10.2. The van der Waals surface area contributed by atoms with Gasteiger partial charge in [0.15, 0.2) is 18.6 Å². The van der Waals surface area contributed by atoms with E-state index in [2.05, 4.69) is 5.16 Å². The van der Waals surface area contributed by atoms with Crippen LogP contribution in [0.5, 0.6) is 0 Å². The quantitative estimate of drug-likeness (QED) is 0.259. The van der Waals surface area contributed by atoms with E-state index in [1.54, 1.807) is 29.1 Å². The van der Waals surface area contributed by atoms with Crippen molar-refractivity contribution in [1.29, 1.82) is 0 Å². The van der Waals surface area contributed by atoms with Gasteiger partial charge in [0.25, 0.3) is 13.5 Å². The highest BCUT2D eigenvalue weighted by Crippen LogP contribution is 2.01. The van der Waals surface area contributed by atoms with E-state index in [4.69, 9.17) is 14.7 Å². The smallest absolute Gasteiger partial charge is 0.338 e. The van der Waals surface area contributed by atoms with Crippen LogP contribution in [-0.2, 0) is 22.9 Å². The topological polar surface area (TPSA) is 75.9 Å². The highest BCUT2D eigenvalue weighted by atomic mass is 16.5. The van der Waals surface area contributed by atoms with Crippen LogP contribution in [0.3, 0.4) is 0 Å². The summed E-state index contributed by atoms with van der Waals surface area (Å²) in [6.07, 6.45) is 6.69. The largest absolute Gasteiger partial charge is 0.462 e. The van der Waals surface area contributed by atoms with E-state index < -0.39 is 0 Å². The first-order valence-electron chi connectivity index (χ1n) is 8.00. The van der Waals surface area contributed by atoms with Crippen molar-refractivity contribution >= 4 is 12.2 Å². The molecule has 0 bridgehead atoms. The predicted molar refractivity (Wildman–Crippen MR) is 88.9 cm³/mol. The molecule has 0 amide bonds. The number of oxime groups is 1. The average molecular weight is 345 g/mol. The summed E-state index contributed by atoms with van der Waals surface area (Å²) >= 11 is 0. The van der Waals surface area contributed by atoms with E-state index in [0.29, 0.717) is 31.5 Å². The Morgan fingerprint density at radius 2 is 1.96 bits per heavy atom. The van der Waals surface area contributed by atoms with Gasteiger partial charge in [-0.25, -0.2) is 4.79 Å². The van der Waals surface area contributed by atoms with Crippen LogP contribution in [-0.4, -0.2) is 24.0 Å². The molecule has 1 N–H and O–H groups in total. The lowest BCUT2D eigenvalue weighted by Gasteiger charge is -2.06. The Kier molecular flexibility index (Phi) is 7.03. The van der Waals surface area contributed by atoms with Gasteiger partial charge in [-0.15, -0.1) is 0 Å². The third-order valence-corrected chi connectivity index (χ3v) is 3.31. The molecule has 7 heteroatoms. The van der Waals surface area contributed by atoms with Crippen LogP contribution >= 0.6 is 0 Å². The summed E-state index contributed by atoms with van der Waals surface area (Å²) in [5.41, 5.74) is 1.23. The number of hydrogen-bond donors (Lipinski definition) is 1. The second-order valence-electron chi connectivity index (χ2n) is 5.90. The maximum absolute atomic E-state index is 11.9. The summed E-state index contributed by atoms with van der Waals surface area (Å²) in [5, 5.41) is 11.7. The van der Waals surface area contributed by atoms with Crippen molar-refractivity contribution in [3.8, 4) is 0 Å². The Bertz CT molecular complexity index is 715. The number of aromatic nitrogens is 2. The van der Waals surface area contributed by atoms with Crippen molar-refractivity contribution in [3.05, 3.63) is 60.2 Å². The first-order valence-corrected chi connectivity index (χ1v) is 8.00. The highest BCUT2D eigenvalue weighted by Gasteiger charge is 2.12. The minimum atomic E-state index is -0.324. The lowest BCUT2D eigenvalue weighted by Crippen LogP contribution is -2.42. The third-order valence-electron chi connectivity index (χ3n) is 3.31. The summed E-state index contributed by atoms with van der Waals surface area (Å²) in [6.45, 7) is 5.01. The van der Waals surface area contributed by atoms with Crippen molar-refractivity contribution in [2.75, 3.05) is 6.61 Å². The number of carbonyl (C=O) groups excluding carboxylic acids is 1. The Morgan fingerprint density at radius 3 is 2.64 bits per heavy atom. The second-order valence-corrected chi connectivity index (χ2v) is 5.90. The number of ether oxygens (including phenoxy) is 2. The van der Waals surface area contributed by atoms with E-state index in [9.17, 15) is 4.79 Å². The van der Waals surface area contributed by atoms with Crippen molar-refractivity contribution < 1.29 is 28.6 Å². The van der Waals surface area contributed by atoms with Crippen LogP contribution in [0, 0.1) is 5.92 Å². The second kappa shape index (κ2) is 9.48. The van der Waals surface area contributed by atoms with Crippen molar-refractivity contribution in [3.63, 3.8) is 0 Å². The summed E-state index contributed by atoms with van der Waals surface area (Å²) in [5.74, 6) is -0.0169. The van der Waals surface area contributed by atoms with E-state index in [-0.39, 0.29) is 5.97 Å². The zero-order chi connectivity index (χ0) is 18.1. The standard InChI is InChI=1S/C18H22N3O4/c1-15(2)12-25-18(22)16-6-9-20(10-7-16)13-24-14-21-8-4-3-5-17(21)11-19-23/h3-11,15H,12-14H2,1-2H3/q+1/p+1. The van der Waals surface area contributed by atoms with Gasteiger partial charge in [-0.1, -0.05) is 19.0 Å². The zero-order valence-electron chi connectivity index (χ0n) is 14.4. The van der Waals surface area contributed by atoms with Crippen LogP contribution in [0.15, 0.2) is 54.1 Å². The molecule has 2 aromatic heterocycles. The van der Waals surface area contributed by atoms with Gasteiger partial charge in [-0.2, -0.15) is 9.13 Å². The molecule has 2 aromatic rings. The molecular weight excluding hydrogens is 322 g/mol. The van der Waals surface area contributed by atoms with E-state index in [1.165, 1.54) is 6.21 Å². The molecule has 0 radical (unpaired) electrons. The Labute approximate surface area is 146 Å². The molecule has 0 unspecified atom stereocenters.